The van der Waals surface area contributed by atoms with Gasteiger partial charge in [0.15, 0.2) is 5.78 Å². The Morgan fingerprint density at radius 1 is 0.800 bits per heavy atom. The summed E-state index contributed by atoms with van der Waals surface area (Å²) < 4.78 is 41.7. The van der Waals surface area contributed by atoms with Gasteiger partial charge in [0.05, 0.1) is 14.2 Å². The molecular weight excluding hydrogens is 469 g/mol. The Labute approximate surface area is 205 Å². The number of rotatable bonds is 12. The lowest BCUT2D eigenvalue weighted by Gasteiger charge is -2.28. The van der Waals surface area contributed by atoms with Crippen LogP contribution in [0.15, 0.2) is 78.9 Å². The van der Waals surface area contributed by atoms with Crippen molar-refractivity contribution in [3.63, 3.8) is 0 Å². The smallest absolute Gasteiger partial charge is 0.453 e. The van der Waals surface area contributed by atoms with Gasteiger partial charge in [-0.25, -0.2) is 9.36 Å². The zero-order chi connectivity index (χ0) is 25.1. The monoisotopic (exact) mass is 499 g/mol. The summed E-state index contributed by atoms with van der Waals surface area (Å²) in [5, 5.41) is 2.69. The number of carbonyl (C=O) groups is 1. The van der Waals surface area contributed by atoms with E-state index in [9.17, 15) is 9.36 Å². The molecule has 35 heavy (non-hydrogen) atoms. The maximum Gasteiger partial charge on any atom is 0.453 e. The molecule has 8 nitrogen and oxygen atoms in total. The number of methoxy groups -OCH3 is 2. The van der Waals surface area contributed by atoms with E-state index < -0.39 is 19.5 Å². The lowest BCUT2D eigenvalue weighted by atomic mass is 10.2. The van der Waals surface area contributed by atoms with E-state index >= 15 is 0 Å². The largest absolute Gasteiger partial charge is 0.497 e. The number of carbonyl (C=O) groups excluding carboxylic acids is 1. The highest BCUT2D eigenvalue weighted by atomic mass is 31.2. The van der Waals surface area contributed by atoms with Crippen molar-refractivity contribution in [2.24, 2.45) is 0 Å². The maximum absolute atomic E-state index is 14.2. The number of hydrogen-bond acceptors (Lipinski definition) is 7. The lowest BCUT2D eigenvalue weighted by Crippen LogP contribution is -2.37. The molecule has 0 fully saturated rings. The second kappa shape index (κ2) is 12.7. The van der Waals surface area contributed by atoms with Crippen LogP contribution in [-0.2, 0) is 15.9 Å². The molecule has 0 aliphatic carbocycles. The fourth-order valence-corrected chi connectivity index (χ4v) is 5.16. The van der Waals surface area contributed by atoms with Crippen molar-refractivity contribution < 1.29 is 32.6 Å². The zero-order valence-corrected chi connectivity index (χ0v) is 20.9. The van der Waals surface area contributed by atoms with Crippen LogP contribution in [0.2, 0.25) is 0 Å². The molecule has 0 saturated heterocycles. The normalized spacial score (nSPS) is 11.7. The predicted octanol–water partition coefficient (Wildman–Crippen LogP) is 6.41. The molecule has 1 atom stereocenters. The molecule has 3 aromatic rings. The molecule has 0 bridgehead atoms. The van der Waals surface area contributed by atoms with Gasteiger partial charge < -0.3 is 28.6 Å². The summed E-state index contributed by atoms with van der Waals surface area (Å²) in [5.41, 5.74) is 0.835. The summed E-state index contributed by atoms with van der Waals surface area (Å²) >= 11 is 0. The Balaban J connectivity index is 1.82. The summed E-state index contributed by atoms with van der Waals surface area (Å²) in [5.74, 6) is 0.901. The van der Waals surface area contributed by atoms with Gasteiger partial charge in [-0.1, -0.05) is 43.7 Å². The molecule has 1 N–H and O–H groups in total. The van der Waals surface area contributed by atoms with E-state index in [4.69, 9.17) is 23.3 Å². The minimum Gasteiger partial charge on any atom is -0.497 e. The first kappa shape index (κ1) is 26.0. The third-order valence-electron chi connectivity index (χ3n) is 5.03. The van der Waals surface area contributed by atoms with Gasteiger partial charge in [0.1, 0.15) is 29.6 Å². The van der Waals surface area contributed by atoms with Gasteiger partial charge in [-0.3, -0.25) is 0 Å². The third kappa shape index (κ3) is 7.69. The molecule has 0 unspecified atom stereocenters. The number of amides is 1. The van der Waals surface area contributed by atoms with Crippen molar-refractivity contribution in [3.05, 3.63) is 84.4 Å². The van der Waals surface area contributed by atoms with Crippen molar-refractivity contribution in [2.75, 3.05) is 14.2 Å². The van der Waals surface area contributed by atoms with Crippen LogP contribution in [0.5, 0.6) is 23.0 Å². The molecule has 0 spiro atoms. The number of alkyl carbamates (subject to hydrolysis) is 1. The Hall–Kier alpha value is -3.64. The van der Waals surface area contributed by atoms with Crippen molar-refractivity contribution in [1.82, 2.24) is 5.32 Å². The number of hydrogen-bond donors (Lipinski definition) is 1. The van der Waals surface area contributed by atoms with E-state index in [1.165, 1.54) is 0 Å². The molecule has 0 heterocycles. The first-order chi connectivity index (χ1) is 17.0. The van der Waals surface area contributed by atoms with Crippen LogP contribution >= 0.6 is 7.60 Å². The third-order valence-corrected chi connectivity index (χ3v) is 7.11. The lowest BCUT2D eigenvalue weighted by molar-refractivity contribution is 0.137. The molecule has 3 aromatic carbocycles. The van der Waals surface area contributed by atoms with Gasteiger partial charge in [-0.05, 0) is 60.5 Å². The van der Waals surface area contributed by atoms with Gasteiger partial charge in [0.25, 0.3) is 0 Å². The fourth-order valence-electron chi connectivity index (χ4n) is 3.20. The zero-order valence-electron chi connectivity index (χ0n) is 20.0. The highest BCUT2D eigenvalue weighted by molar-refractivity contribution is 7.55. The quantitative estimate of drug-likeness (QED) is 0.288. The Morgan fingerprint density at radius 2 is 1.29 bits per heavy atom. The van der Waals surface area contributed by atoms with E-state index in [2.05, 4.69) is 5.32 Å². The molecule has 0 aliphatic heterocycles. The molecular formula is C26H30NO7P. The molecule has 9 heteroatoms. The summed E-state index contributed by atoms with van der Waals surface area (Å²) in [6, 6.07) is 22.5. The molecule has 0 saturated carbocycles. The van der Waals surface area contributed by atoms with Crippen molar-refractivity contribution >= 4 is 13.7 Å². The minimum absolute atomic E-state index is 0.0779. The van der Waals surface area contributed by atoms with Crippen molar-refractivity contribution in [1.29, 1.82) is 0 Å². The van der Waals surface area contributed by atoms with E-state index in [1.807, 2.05) is 37.3 Å². The topological polar surface area (TPSA) is 92.3 Å². The SMILES string of the molecule is CCC[C@@H](NC(=O)OCc1ccccc1)P(=O)(Oc1ccc(OC)cc1)Oc1ccc(OC)cc1. The van der Waals surface area contributed by atoms with Crippen LogP contribution in [0.4, 0.5) is 4.79 Å². The number of nitrogens with one attached hydrogen (secondary N) is 1. The van der Waals surface area contributed by atoms with Crippen LogP contribution in [-0.4, -0.2) is 26.1 Å². The second-order valence-electron chi connectivity index (χ2n) is 7.58. The molecule has 186 valence electrons. The van der Waals surface area contributed by atoms with E-state index in [-0.39, 0.29) is 6.61 Å². The molecule has 0 aromatic heterocycles. The van der Waals surface area contributed by atoms with Gasteiger partial charge in [-0.15, -0.1) is 0 Å². The van der Waals surface area contributed by atoms with Crippen LogP contribution in [0.3, 0.4) is 0 Å². The maximum atomic E-state index is 14.2. The minimum atomic E-state index is -3.98. The fraction of sp³-hybridized carbons (Fsp3) is 0.269. The summed E-state index contributed by atoms with van der Waals surface area (Å²) in [7, 11) is -0.877. The Morgan fingerprint density at radius 3 is 1.74 bits per heavy atom. The molecule has 0 aliphatic rings. The number of benzene rings is 3. The summed E-state index contributed by atoms with van der Waals surface area (Å²) in [4.78, 5) is 12.6. The van der Waals surface area contributed by atoms with Crippen LogP contribution in [0.1, 0.15) is 25.3 Å². The number of ether oxygens (including phenoxy) is 3. The molecule has 1 amide bonds. The Kier molecular flexibility index (Phi) is 9.44. The molecule has 0 radical (unpaired) electrons. The first-order valence-electron chi connectivity index (χ1n) is 11.2. The first-order valence-corrected chi connectivity index (χ1v) is 12.8. The van der Waals surface area contributed by atoms with Gasteiger partial charge in [-0.2, -0.15) is 0 Å². The van der Waals surface area contributed by atoms with Gasteiger partial charge in [0, 0.05) is 0 Å². The summed E-state index contributed by atoms with van der Waals surface area (Å²) in [6.07, 6.45) is 0.236. The average Bonchev–Trinajstić information content (AvgIpc) is 2.88. The van der Waals surface area contributed by atoms with Crippen molar-refractivity contribution in [3.8, 4) is 23.0 Å². The second-order valence-corrected chi connectivity index (χ2v) is 9.65. The van der Waals surface area contributed by atoms with Crippen LogP contribution < -0.4 is 23.8 Å². The van der Waals surface area contributed by atoms with Gasteiger partial charge in [0.2, 0.25) is 0 Å². The Bertz CT molecular complexity index is 1050. The summed E-state index contributed by atoms with van der Waals surface area (Å²) in [6.45, 7) is 1.99. The van der Waals surface area contributed by atoms with Crippen molar-refractivity contribution in [2.45, 2.75) is 32.2 Å². The van der Waals surface area contributed by atoms with Gasteiger partial charge >= 0.3 is 13.7 Å². The average molecular weight is 500 g/mol. The standard InChI is InChI=1S/C26H30NO7P/c1-4-8-25(27-26(28)32-19-20-9-6-5-7-10-20)35(29,33-23-15-11-21(30-2)12-16-23)34-24-17-13-22(31-3)14-18-24/h5-7,9-18,25H,4,8,19H2,1-3H3,(H,27,28)/t25-/m0/s1. The van der Waals surface area contributed by atoms with E-state index in [0.29, 0.717) is 35.8 Å². The highest BCUT2D eigenvalue weighted by Gasteiger charge is 2.40. The highest BCUT2D eigenvalue weighted by Crippen LogP contribution is 2.53. The predicted molar refractivity (Wildman–Crippen MR) is 133 cm³/mol. The van der Waals surface area contributed by atoms with E-state index in [1.54, 1.807) is 62.8 Å². The van der Waals surface area contributed by atoms with Crippen LogP contribution in [0, 0.1) is 0 Å². The van der Waals surface area contributed by atoms with E-state index in [0.717, 1.165) is 5.56 Å². The molecule has 3 rings (SSSR count). The van der Waals surface area contributed by atoms with Crippen LogP contribution in [0.25, 0.3) is 0 Å².